The van der Waals surface area contributed by atoms with E-state index in [1.807, 2.05) is 0 Å². The van der Waals surface area contributed by atoms with Gasteiger partial charge in [-0.05, 0) is 66.6 Å². The Morgan fingerprint density at radius 2 is 1.74 bits per heavy atom. The molecule has 7 atom stereocenters. The van der Waals surface area contributed by atoms with Gasteiger partial charge in [-0.1, -0.05) is 13.8 Å². The van der Waals surface area contributed by atoms with Crippen LogP contribution in [0.3, 0.4) is 0 Å². The number of carbonyl (C=O) groups excluding carboxylic acids is 2. The minimum Gasteiger partial charge on any atom is -0.393 e. The van der Waals surface area contributed by atoms with Gasteiger partial charge in [0.05, 0.1) is 6.10 Å². The van der Waals surface area contributed by atoms with E-state index >= 15 is 0 Å². The summed E-state index contributed by atoms with van der Waals surface area (Å²) in [5, 5.41) is 10.9. The highest BCUT2D eigenvalue weighted by atomic mass is 16.3. The second kappa shape index (κ2) is 5.15. The van der Waals surface area contributed by atoms with Gasteiger partial charge in [0.15, 0.2) is 0 Å². The quantitative estimate of drug-likeness (QED) is 0.743. The molecule has 4 rings (SSSR count). The highest BCUT2D eigenvalue weighted by Gasteiger charge is 2.62. The molecule has 0 aromatic carbocycles. The van der Waals surface area contributed by atoms with Gasteiger partial charge in [0.1, 0.15) is 11.6 Å². The molecular formula is C20H30O3. The number of Topliss-reactive ketones (excluding diaryl/α,β-unsaturated/α-hetero) is 2. The fourth-order valence-electron chi connectivity index (χ4n) is 7.16. The van der Waals surface area contributed by atoms with Gasteiger partial charge < -0.3 is 5.11 Å². The van der Waals surface area contributed by atoms with Crippen LogP contribution in [0.2, 0.25) is 0 Å². The number of aliphatic hydroxyl groups is 1. The molecule has 1 spiro atoms. The standard InChI is InChI=1S/C20H30O3/c1-12-3-4-15-16(20(12)8-6-14(22)11-20)10-18(23)17-9-13(21)5-7-19(15,17)2/h12,15-18,23H,3-11H2,1-2H3/t12-,15?,16?,17?,18+,19-,20?/m1/s1. The van der Waals surface area contributed by atoms with E-state index in [4.69, 9.17) is 0 Å². The minimum atomic E-state index is -0.358. The Bertz CT molecular complexity index is 541. The maximum atomic E-state index is 12.1. The normalized spacial score (nSPS) is 53.3. The monoisotopic (exact) mass is 318 g/mol. The van der Waals surface area contributed by atoms with Crippen LogP contribution in [0.4, 0.5) is 0 Å². The van der Waals surface area contributed by atoms with E-state index in [2.05, 4.69) is 13.8 Å². The number of rotatable bonds is 0. The van der Waals surface area contributed by atoms with Gasteiger partial charge in [0.25, 0.3) is 0 Å². The summed E-state index contributed by atoms with van der Waals surface area (Å²) in [6.45, 7) is 4.67. The van der Waals surface area contributed by atoms with Crippen LogP contribution in [-0.4, -0.2) is 22.8 Å². The summed E-state index contributed by atoms with van der Waals surface area (Å²) in [4.78, 5) is 24.1. The summed E-state index contributed by atoms with van der Waals surface area (Å²) < 4.78 is 0. The third-order valence-electron chi connectivity index (χ3n) is 8.56. The topological polar surface area (TPSA) is 54.4 Å². The molecule has 3 heteroatoms. The average Bonchev–Trinajstić information content (AvgIpc) is 2.89. The lowest BCUT2D eigenvalue weighted by Crippen LogP contribution is -2.59. The Balaban J connectivity index is 1.72. The van der Waals surface area contributed by atoms with Crippen molar-refractivity contribution in [2.45, 2.75) is 77.7 Å². The fraction of sp³-hybridized carbons (Fsp3) is 0.900. The Morgan fingerprint density at radius 1 is 1.00 bits per heavy atom. The molecule has 0 aliphatic heterocycles. The molecule has 23 heavy (non-hydrogen) atoms. The molecule has 0 aromatic heterocycles. The Hall–Kier alpha value is -0.700. The van der Waals surface area contributed by atoms with Crippen molar-refractivity contribution in [3.8, 4) is 0 Å². The van der Waals surface area contributed by atoms with E-state index in [1.54, 1.807) is 0 Å². The molecule has 0 bridgehead atoms. The summed E-state index contributed by atoms with van der Waals surface area (Å²) in [6.07, 6.45) is 7.58. The number of carbonyl (C=O) groups is 2. The molecule has 0 amide bonds. The molecule has 0 saturated heterocycles. The van der Waals surface area contributed by atoms with Crippen LogP contribution >= 0.6 is 0 Å². The highest BCUT2D eigenvalue weighted by Crippen LogP contribution is 2.66. The minimum absolute atomic E-state index is 0.0923. The highest BCUT2D eigenvalue weighted by molar-refractivity contribution is 5.82. The molecule has 0 aromatic rings. The van der Waals surface area contributed by atoms with Crippen molar-refractivity contribution in [1.82, 2.24) is 0 Å². The van der Waals surface area contributed by atoms with E-state index in [9.17, 15) is 14.7 Å². The van der Waals surface area contributed by atoms with Crippen LogP contribution in [0, 0.1) is 34.5 Å². The second-order valence-corrected chi connectivity index (χ2v) is 9.30. The van der Waals surface area contributed by atoms with Gasteiger partial charge >= 0.3 is 0 Å². The van der Waals surface area contributed by atoms with E-state index in [0.717, 1.165) is 32.1 Å². The molecule has 4 unspecified atom stereocenters. The lowest BCUT2D eigenvalue weighted by molar-refractivity contribution is -0.175. The summed E-state index contributed by atoms with van der Waals surface area (Å²) in [6, 6.07) is 0. The van der Waals surface area contributed by atoms with E-state index in [-0.39, 0.29) is 22.9 Å². The van der Waals surface area contributed by atoms with Crippen LogP contribution < -0.4 is 0 Å². The Labute approximate surface area is 139 Å². The number of fused-ring (bicyclic) bond motifs is 4. The van der Waals surface area contributed by atoms with E-state index in [1.165, 1.54) is 12.8 Å². The summed E-state index contributed by atoms with van der Waals surface area (Å²) in [5.74, 6) is 2.56. The van der Waals surface area contributed by atoms with Crippen LogP contribution in [0.5, 0.6) is 0 Å². The molecular weight excluding hydrogens is 288 g/mol. The predicted molar refractivity (Wildman–Crippen MR) is 87.7 cm³/mol. The molecule has 0 heterocycles. The molecule has 4 saturated carbocycles. The Kier molecular flexibility index (Phi) is 3.54. The molecule has 0 radical (unpaired) electrons. The number of ketones is 2. The van der Waals surface area contributed by atoms with E-state index in [0.29, 0.717) is 42.2 Å². The number of hydrogen-bond acceptors (Lipinski definition) is 3. The van der Waals surface area contributed by atoms with Crippen LogP contribution in [0.25, 0.3) is 0 Å². The first-order valence-corrected chi connectivity index (χ1v) is 9.58. The molecule has 4 fully saturated rings. The molecule has 4 aliphatic carbocycles. The maximum absolute atomic E-state index is 12.1. The van der Waals surface area contributed by atoms with Crippen LogP contribution in [-0.2, 0) is 9.59 Å². The number of hydrogen-bond donors (Lipinski definition) is 1. The number of aliphatic hydroxyl groups excluding tert-OH is 1. The third kappa shape index (κ3) is 2.11. The van der Waals surface area contributed by atoms with E-state index < -0.39 is 0 Å². The molecule has 128 valence electrons. The zero-order valence-electron chi connectivity index (χ0n) is 14.5. The van der Waals surface area contributed by atoms with Gasteiger partial charge in [-0.25, -0.2) is 0 Å². The summed E-state index contributed by atoms with van der Waals surface area (Å²) >= 11 is 0. The maximum Gasteiger partial charge on any atom is 0.133 e. The van der Waals surface area contributed by atoms with Crippen LogP contribution in [0.15, 0.2) is 0 Å². The van der Waals surface area contributed by atoms with Crippen LogP contribution in [0.1, 0.15) is 71.6 Å². The molecule has 1 N–H and O–H groups in total. The second-order valence-electron chi connectivity index (χ2n) is 9.30. The van der Waals surface area contributed by atoms with Gasteiger partial charge in [-0.15, -0.1) is 0 Å². The lowest BCUT2D eigenvalue weighted by Gasteiger charge is -2.62. The summed E-state index contributed by atoms with van der Waals surface area (Å²) in [7, 11) is 0. The lowest BCUT2D eigenvalue weighted by atomic mass is 9.42. The van der Waals surface area contributed by atoms with Crippen molar-refractivity contribution in [1.29, 1.82) is 0 Å². The van der Waals surface area contributed by atoms with Gasteiger partial charge in [0.2, 0.25) is 0 Å². The third-order valence-corrected chi connectivity index (χ3v) is 8.56. The van der Waals surface area contributed by atoms with Gasteiger partial charge in [-0.2, -0.15) is 0 Å². The molecule has 3 nitrogen and oxygen atoms in total. The zero-order valence-corrected chi connectivity index (χ0v) is 14.5. The van der Waals surface area contributed by atoms with Crippen molar-refractivity contribution in [3.05, 3.63) is 0 Å². The van der Waals surface area contributed by atoms with Crippen molar-refractivity contribution in [2.24, 2.45) is 34.5 Å². The Morgan fingerprint density at radius 3 is 2.43 bits per heavy atom. The smallest absolute Gasteiger partial charge is 0.133 e. The van der Waals surface area contributed by atoms with Crippen molar-refractivity contribution >= 4 is 11.6 Å². The zero-order chi connectivity index (χ0) is 16.4. The van der Waals surface area contributed by atoms with Gasteiger partial charge in [0, 0.05) is 25.7 Å². The van der Waals surface area contributed by atoms with Crippen molar-refractivity contribution in [2.75, 3.05) is 0 Å². The van der Waals surface area contributed by atoms with Gasteiger partial charge in [-0.3, -0.25) is 9.59 Å². The SMILES string of the molecule is C[C@@H]1CCC2C(C[C@H](O)C3CC(=O)CC[C@]23C)C12CCC(=O)C2. The molecule has 4 aliphatic rings. The van der Waals surface area contributed by atoms with Crippen molar-refractivity contribution < 1.29 is 14.7 Å². The van der Waals surface area contributed by atoms with Crippen molar-refractivity contribution in [3.63, 3.8) is 0 Å². The first kappa shape index (κ1) is 15.8. The summed E-state index contributed by atoms with van der Waals surface area (Å²) in [5.41, 5.74) is 0.228. The largest absolute Gasteiger partial charge is 0.393 e. The average molecular weight is 318 g/mol. The first-order valence-electron chi connectivity index (χ1n) is 9.58. The first-order chi connectivity index (χ1) is 10.9. The predicted octanol–water partition coefficient (Wildman–Crippen LogP) is 3.53. The fourth-order valence-corrected chi connectivity index (χ4v) is 7.16.